The van der Waals surface area contributed by atoms with Crippen LogP contribution in [0.25, 0.3) is 0 Å². The van der Waals surface area contributed by atoms with Crippen LogP contribution in [0.3, 0.4) is 0 Å². The Labute approximate surface area is 126 Å². The van der Waals surface area contributed by atoms with E-state index in [4.69, 9.17) is 22.1 Å². The van der Waals surface area contributed by atoms with Crippen molar-refractivity contribution in [2.24, 2.45) is 0 Å². The first-order valence-corrected chi connectivity index (χ1v) is 7.58. The summed E-state index contributed by atoms with van der Waals surface area (Å²) < 4.78 is 5.72. The Balaban J connectivity index is 1.99. The molecule has 0 aromatic heterocycles. The summed E-state index contributed by atoms with van der Waals surface area (Å²) in [6.45, 7) is 1.07. The summed E-state index contributed by atoms with van der Waals surface area (Å²) in [6.07, 6.45) is 5.77. The second kappa shape index (κ2) is 6.90. The van der Waals surface area contributed by atoms with Gasteiger partial charge in [0, 0.05) is 13.0 Å². The summed E-state index contributed by atoms with van der Waals surface area (Å²) in [7, 11) is 0. The van der Waals surface area contributed by atoms with Gasteiger partial charge in [-0.05, 0) is 30.9 Å². The molecule has 2 heterocycles. The maximum absolute atomic E-state index is 12.2. The summed E-state index contributed by atoms with van der Waals surface area (Å²) in [5, 5.41) is 8.61. The number of nitrogens with zero attached hydrogens (tertiary/aromatic N) is 1. The molecule has 2 rings (SSSR count). The van der Waals surface area contributed by atoms with E-state index >= 15 is 0 Å². The summed E-state index contributed by atoms with van der Waals surface area (Å²) in [6, 6.07) is 0. The summed E-state index contributed by atoms with van der Waals surface area (Å²) in [5.41, 5.74) is 0.988. The van der Waals surface area contributed by atoms with Crippen LogP contribution in [0.15, 0.2) is 22.8 Å². The van der Waals surface area contributed by atoms with Crippen molar-refractivity contribution in [3.05, 3.63) is 22.8 Å². The summed E-state index contributed by atoms with van der Waals surface area (Å²) in [4.78, 5) is 24.7. The number of hydrogen-bond donors (Lipinski definition) is 1. The molecule has 0 aromatic carbocycles. The topological polar surface area (TPSA) is 66.8 Å². The Morgan fingerprint density at radius 1 is 1.60 bits per heavy atom. The van der Waals surface area contributed by atoms with Gasteiger partial charge in [0.25, 0.3) is 5.91 Å². The lowest BCUT2D eigenvalue weighted by molar-refractivity contribution is -0.137. The third kappa shape index (κ3) is 3.83. The fourth-order valence-electron chi connectivity index (χ4n) is 1.94. The fraction of sp³-hybridized carbons (Fsp3) is 0.462. The molecule has 1 amide bonds. The number of allylic oxidation sites excluding steroid dienone is 2. The highest BCUT2D eigenvalue weighted by atomic mass is 32.2. The SMILES string of the molecule is O=C(O)CCCN1C(=O)C(=CC2=COCCC2)SC1=S. The van der Waals surface area contributed by atoms with Crippen molar-refractivity contribution in [1.29, 1.82) is 0 Å². The minimum atomic E-state index is -0.865. The number of carbonyl (C=O) groups is 2. The first-order chi connectivity index (χ1) is 9.58. The lowest BCUT2D eigenvalue weighted by Crippen LogP contribution is -2.29. The summed E-state index contributed by atoms with van der Waals surface area (Å²) in [5.74, 6) is -1.01. The van der Waals surface area contributed by atoms with Crippen molar-refractivity contribution >= 4 is 40.2 Å². The third-order valence-electron chi connectivity index (χ3n) is 2.92. The van der Waals surface area contributed by atoms with Crippen LogP contribution in [0.1, 0.15) is 25.7 Å². The quantitative estimate of drug-likeness (QED) is 0.620. The Morgan fingerprint density at radius 3 is 3.05 bits per heavy atom. The predicted molar refractivity (Wildman–Crippen MR) is 80.1 cm³/mol. The molecule has 2 aliphatic heterocycles. The Morgan fingerprint density at radius 2 is 2.40 bits per heavy atom. The molecule has 7 heteroatoms. The van der Waals surface area contributed by atoms with Crippen molar-refractivity contribution in [2.45, 2.75) is 25.7 Å². The number of ether oxygens (including phenoxy) is 1. The van der Waals surface area contributed by atoms with Gasteiger partial charge in [0.2, 0.25) is 0 Å². The molecular weight excluding hydrogens is 298 g/mol. The van der Waals surface area contributed by atoms with E-state index in [9.17, 15) is 9.59 Å². The van der Waals surface area contributed by atoms with Gasteiger partial charge in [0.15, 0.2) is 0 Å². The molecule has 1 saturated heterocycles. The average Bonchev–Trinajstić information content (AvgIpc) is 2.67. The molecule has 0 radical (unpaired) electrons. The van der Waals surface area contributed by atoms with Crippen LogP contribution in [0.4, 0.5) is 0 Å². The highest BCUT2D eigenvalue weighted by molar-refractivity contribution is 8.26. The normalized spacial score (nSPS) is 21.1. The molecule has 1 fully saturated rings. The van der Waals surface area contributed by atoms with Gasteiger partial charge in [0.05, 0.1) is 17.8 Å². The minimum Gasteiger partial charge on any atom is -0.501 e. The average molecular weight is 313 g/mol. The van der Waals surface area contributed by atoms with Crippen LogP contribution in [0.2, 0.25) is 0 Å². The number of carboxylic acid groups (broad SMARTS) is 1. The maximum Gasteiger partial charge on any atom is 0.303 e. The van der Waals surface area contributed by atoms with Gasteiger partial charge in [0.1, 0.15) is 4.32 Å². The number of amides is 1. The Kier molecular flexibility index (Phi) is 5.19. The fourth-order valence-corrected chi connectivity index (χ4v) is 3.26. The van der Waals surface area contributed by atoms with Gasteiger partial charge in [-0.25, -0.2) is 0 Å². The molecule has 1 N–H and O–H groups in total. The van der Waals surface area contributed by atoms with Crippen LogP contribution >= 0.6 is 24.0 Å². The lowest BCUT2D eigenvalue weighted by Gasteiger charge is -2.13. The van der Waals surface area contributed by atoms with Crippen LogP contribution in [0, 0.1) is 0 Å². The number of thioether (sulfide) groups is 1. The van der Waals surface area contributed by atoms with Gasteiger partial charge in [-0.1, -0.05) is 24.0 Å². The molecule has 0 aliphatic carbocycles. The molecule has 0 spiro atoms. The van der Waals surface area contributed by atoms with E-state index in [-0.39, 0.29) is 12.3 Å². The van der Waals surface area contributed by atoms with Crippen molar-refractivity contribution < 1.29 is 19.4 Å². The van der Waals surface area contributed by atoms with Gasteiger partial charge in [-0.3, -0.25) is 14.5 Å². The molecule has 20 heavy (non-hydrogen) atoms. The minimum absolute atomic E-state index is 0.0368. The third-order valence-corrected chi connectivity index (χ3v) is 4.30. The zero-order valence-corrected chi connectivity index (χ0v) is 12.5. The standard InChI is InChI=1S/C13H15NO4S2/c15-11(16)4-1-5-14-12(17)10(20-13(14)19)7-9-3-2-6-18-8-9/h7-8H,1-6H2,(H,15,16). The number of aliphatic carboxylic acids is 1. The molecule has 5 nitrogen and oxygen atoms in total. The number of carboxylic acids is 1. The predicted octanol–water partition coefficient (Wildman–Crippen LogP) is 2.29. The van der Waals surface area contributed by atoms with E-state index in [1.54, 1.807) is 6.26 Å². The second-order valence-electron chi connectivity index (χ2n) is 4.50. The van der Waals surface area contributed by atoms with Crippen molar-refractivity contribution in [1.82, 2.24) is 4.90 Å². The molecule has 0 unspecified atom stereocenters. The van der Waals surface area contributed by atoms with E-state index in [1.165, 1.54) is 16.7 Å². The van der Waals surface area contributed by atoms with Crippen molar-refractivity contribution in [3.8, 4) is 0 Å². The molecule has 2 aliphatic rings. The van der Waals surface area contributed by atoms with Gasteiger partial charge in [-0.15, -0.1) is 0 Å². The highest BCUT2D eigenvalue weighted by Crippen LogP contribution is 2.32. The van der Waals surface area contributed by atoms with Gasteiger partial charge < -0.3 is 9.84 Å². The van der Waals surface area contributed by atoms with Crippen molar-refractivity contribution in [2.75, 3.05) is 13.2 Å². The van der Waals surface area contributed by atoms with E-state index in [1.807, 2.05) is 6.08 Å². The van der Waals surface area contributed by atoms with Gasteiger partial charge in [-0.2, -0.15) is 0 Å². The monoisotopic (exact) mass is 313 g/mol. The molecule has 108 valence electrons. The largest absolute Gasteiger partial charge is 0.501 e. The summed E-state index contributed by atoms with van der Waals surface area (Å²) >= 11 is 6.43. The van der Waals surface area contributed by atoms with Crippen LogP contribution in [-0.2, 0) is 14.3 Å². The maximum atomic E-state index is 12.2. The van der Waals surface area contributed by atoms with E-state index in [2.05, 4.69) is 0 Å². The highest BCUT2D eigenvalue weighted by Gasteiger charge is 2.31. The molecule has 0 aromatic rings. The van der Waals surface area contributed by atoms with Crippen LogP contribution in [0.5, 0.6) is 0 Å². The zero-order chi connectivity index (χ0) is 14.5. The molecule has 0 atom stereocenters. The lowest BCUT2D eigenvalue weighted by atomic mass is 10.1. The van der Waals surface area contributed by atoms with Crippen LogP contribution in [-0.4, -0.2) is 39.4 Å². The number of rotatable bonds is 5. The molecule has 0 bridgehead atoms. The molecule has 0 saturated carbocycles. The number of hydrogen-bond acceptors (Lipinski definition) is 5. The van der Waals surface area contributed by atoms with E-state index < -0.39 is 5.97 Å². The van der Waals surface area contributed by atoms with E-state index in [0.29, 0.717) is 28.8 Å². The number of thiocarbonyl (C=S) groups is 1. The molecular formula is C13H15NO4S2. The first kappa shape index (κ1) is 15.1. The Bertz CT molecular complexity index is 499. The van der Waals surface area contributed by atoms with E-state index in [0.717, 1.165) is 18.4 Å². The first-order valence-electron chi connectivity index (χ1n) is 6.36. The smallest absolute Gasteiger partial charge is 0.303 e. The second-order valence-corrected chi connectivity index (χ2v) is 6.17. The van der Waals surface area contributed by atoms with Crippen molar-refractivity contribution in [3.63, 3.8) is 0 Å². The Hall–Kier alpha value is -1.34. The zero-order valence-electron chi connectivity index (χ0n) is 10.8. The number of carbonyl (C=O) groups excluding carboxylic acids is 1. The van der Waals surface area contributed by atoms with Gasteiger partial charge >= 0.3 is 5.97 Å². The van der Waals surface area contributed by atoms with Crippen LogP contribution < -0.4 is 0 Å².